The molecule has 2 aromatic rings. The van der Waals surface area contributed by atoms with Gasteiger partial charge in [-0.3, -0.25) is 4.79 Å². The van der Waals surface area contributed by atoms with Gasteiger partial charge in [0.05, 0.1) is 37.5 Å². The van der Waals surface area contributed by atoms with Gasteiger partial charge in [0.2, 0.25) is 15.9 Å². The SMILES string of the molecule is COc1ccc2c(c1)[C@@H]1C[C@H]2OCCCC[C@H](N(C)S(=O)(=O)CCC(F)(F)F)C(=O)N[C@@H](Cc2ccccc2)[C@H](O)CN1. The molecule has 9 nitrogen and oxygen atoms in total. The number of hydrogen-bond acceptors (Lipinski definition) is 7. The van der Waals surface area contributed by atoms with E-state index in [1.54, 1.807) is 7.11 Å². The fraction of sp³-hybridized carbons (Fsp3) is 0.567. The molecule has 2 bridgehead atoms. The molecule has 238 valence electrons. The van der Waals surface area contributed by atoms with Crippen molar-refractivity contribution in [1.82, 2.24) is 14.9 Å². The van der Waals surface area contributed by atoms with Gasteiger partial charge in [-0.1, -0.05) is 36.4 Å². The van der Waals surface area contributed by atoms with E-state index in [0.717, 1.165) is 28.0 Å². The third kappa shape index (κ3) is 8.91. The van der Waals surface area contributed by atoms with Crippen molar-refractivity contribution in [3.8, 4) is 5.75 Å². The maximum atomic E-state index is 13.6. The second-order valence-electron chi connectivity index (χ2n) is 11.1. The lowest BCUT2D eigenvalue weighted by molar-refractivity contribution is -0.130. The summed E-state index contributed by atoms with van der Waals surface area (Å²) in [5.74, 6) is -1.13. The zero-order chi connectivity index (χ0) is 31.2. The van der Waals surface area contributed by atoms with Crippen LogP contribution in [0.15, 0.2) is 48.5 Å². The highest BCUT2D eigenvalue weighted by atomic mass is 32.2. The van der Waals surface area contributed by atoms with Crippen molar-refractivity contribution >= 4 is 15.9 Å². The molecule has 0 saturated carbocycles. The summed E-state index contributed by atoms with van der Waals surface area (Å²) in [5, 5.41) is 17.6. The number of aliphatic hydroxyl groups excluding tert-OH is 1. The number of β-amino-alcohol motifs (C(OH)–C–C–N with tert-alkyl or cyclic N) is 1. The lowest BCUT2D eigenvalue weighted by Gasteiger charge is -2.31. The van der Waals surface area contributed by atoms with Crippen molar-refractivity contribution in [2.45, 2.75) is 75.0 Å². The van der Waals surface area contributed by atoms with Gasteiger partial charge in [-0.25, -0.2) is 8.42 Å². The second kappa shape index (κ2) is 14.4. The molecule has 1 fully saturated rings. The van der Waals surface area contributed by atoms with Crippen LogP contribution in [0, 0.1) is 0 Å². The Morgan fingerprint density at radius 1 is 1.12 bits per heavy atom. The zero-order valence-corrected chi connectivity index (χ0v) is 25.2. The molecule has 43 heavy (non-hydrogen) atoms. The van der Waals surface area contributed by atoms with Crippen LogP contribution >= 0.6 is 0 Å². The number of nitrogens with one attached hydrogen (secondary N) is 2. The van der Waals surface area contributed by atoms with Gasteiger partial charge in [-0.2, -0.15) is 17.5 Å². The number of carbonyl (C=O) groups excluding carboxylic acids is 1. The first-order valence-corrected chi connectivity index (χ1v) is 16.1. The van der Waals surface area contributed by atoms with Crippen LogP contribution in [-0.4, -0.2) is 81.2 Å². The fourth-order valence-corrected chi connectivity index (χ4v) is 7.02. The zero-order valence-electron chi connectivity index (χ0n) is 24.3. The predicted molar refractivity (Wildman–Crippen MR) is 155 cm³/mol. The van der Waals surface area contributed by atoms with Crippen molar-refractivity contribution in [2.75, 3.05) is 33.1 Å². The maximum absolute atomic E-state index is 13.6. The molecule has 2 aliphatic rings. The van der Waals surface area contributed by atoms with E-state index < -0.39 is 52.5 Å². The smallest absolute Gasteiger partial charge is 0.390 e. The van der Waals surface area contributed by atoms with Crippen molar-refractivity contribution < 1.29 is 41.0 Å². The molecule has 1 aliphatic heterocycles. The highest BCUT2D eigenvalue weighted by molar-refractivity contribution is 7.89. The minimum absolute atomic E-state index is 0.0738. The maximum Gasteiger partial charge on any atom is 0.390 e. The van der Waals surface area contributed by atoms with Gasteiger partial charge in [0.25, 0.3) is 0 Å². The van der Waals surface area contributed by atoms with Gasteiger partial charge in [-0.15, -0.1) is 0 Å². The first kappa shape index (κ1) is 33.2. The summed E-state index contributed by atoms with van der Waals surface area (Å²) in [5.41, 5.74) is 2.87. The van der Waals surface area contributed by atoms with Crippen LogP contribution in [0.25, 0.3) is 0 Å². The number of ether oxygens (including phenoxy) is 2. The van der Waals surface area contributed by atoms with Crippen LogP contribution in [0.4, 0.5) is 13.2 Å². The number of sulfonamides is 1. The van der Waals surface area contributed by atoms with Gasteiger partial charge in [0.1, 0.15) is 11.8 Å². The van der Waals surface area contributed by atoms with Crippen LogP contribution < -0.4 is 15.4 Å². The predicted octanol–water partition coefficient (Wildman–Crippen LogP) is 3.64. The van der Waals surface area contributed by atoms with Crippen LogP contribution in [-0.2, 0) is 26.0 Å². The molecule has 0 aromatic heterocycles. The molecule has 1 heterocycles. The van der Waals surface area contributed by atoms with E-state index in [0.29, 0.717) is 31.6 Å². The molecule has 2 aromatic carbocycles. The van der Waals surface area contributed by atoms with E-state index in [4.69, 9.17) is 9.47 Å². The number of alkyl halides is 3. The van der Waals surface area contributed by atoms with Gasteiger partial charge in [-0.05, 0) is 60.9 Å². The number of amides is 1. The highest BCUT2D eigenvalue weighted by Crippen LogP contribution is 2.42. The Kier molecular flexibility index (Phi) is 11.1. The van der Waals surface area contributed by atoms with E-state index in [1.165, 1.54) is 0 Å². The minimum Gasteiger partial charge on any atom is -0.497 e. The number of carbonyl (C=O) groups is 1. The first-order chi connectivity index (χ1) is 20.4. The van der Waals surface area contributed by atoms with Crippen LogP contribution in [0.3, 0.4) is 0 Å². The number of benzene rings is 2. The fourth-order valence-electron chi connectivity index (χ4n) is 5.66. The normalized spacial score (nSPS) is 25.8. The number of fused-ring (bicyclic) bond motifs is 5. The van der Waals surface area contributed by atoms with E-state index in [1.807, 2.05) is 48.5 Å². The molecule has 5 atom stereocenters. The van der Waals surface area contributed by atoms with Crippen molar-refractivity contribution in [3.63, 3.8) is 0 Å². The third-order valence-electron chi connectivity index (χ3n) is 8.14. The van der Waals surface area contributed by atoms with Crippen molar-refractivity contribution in [2.24, 2.45) is 0 Å². The molecule has 4 rings (SSSR count). The Morgan fingerprint density at radius 3 is 2.56 bits per heavy atom. The minimum atomic E-state index is -4.66. The third-order valence-corrected chi connectivity index (χ3v) is 10.00. The lowest BCUT2D eigenvalue weighted by Crippen LogP contribution is -2.55. The Balaban J connectivity index is 1.60. The summed E-state index contributed by atoms with van der Waals surface area (Å²) < 4.78 is 76.7. The monoisotopic (exact) mass is 627 g/mol. The van der Waals surface area contributed by atoms with Gasteiger partial charge < -0.3 is 25.2 Å². The topological polar surface area (TPSA) is 117 Å². The quantitative estimate of drug-likeness (QED) is 0.429. The van der Waals surface area contributed by atoms with E-state index >= 15 is 0 Å². The number of hydrogen-bond donors (Lipinski definition) is 3. The number of methoxy groups -OCH3 is 1. The second-order valence-corrected chi connectivity index (χ2v) is 13.3. The Hall–Kier alpha value is -2.71. The molecule has 1 saturated heterocycles. The van der Waals surface area contributed by atoms with Gasteiger partial charge in [0.15, 0.2) is 0 Å². The Morgan fingerprint density at radius 2 is 1.86 bits per heavy atom. The van der Waals surface area contributed by atoms with Crippen LogP contribution in [0.5, 0.6) is 5.75 Å². The van der Waals surface area contributed by atoms with Gasteiger partial charge in [0, 0.05) is 26.2 Å². The summed E-state index contributed by atoms with van der Waals surface area (Å²) in [6.45, 7) is 0.456. The van der Waals surface area contributed by atoms with E-state index in [9.17, 15) is 31.5 Å². The highest BCUT2D eigenvalue weighted by Gasteiger charge is 2.38. The number of rotatable bonds is 7. The van der Waals surface area contributed by atoms with Crippen LogP contribution in [0.1, 0.15) is 60.9 Å². The number of aliphatic hydroxyl groups is 1. The van der Waals surface area contributed by atoms with Crippen LogP contribution in [0.2, 0.25) is 0 Å². The van der Waals surface area contributed by atoms with E-state index in [-0.39, 0.29) is 31.5 Å². The molecular formula is C30H40F3N3O6S. The lowest BCUT2D eigenvalue weighted by atomic mass is 9.99. The summed E-state index contributed by atoms with van der Waals surface area (Å²) in [6, 6.07) is 12.8. The number of nitrogens with zero attached hydrogens (tertiary/aromatic N) is 1. The molecule has 1 aliphatic carbocycles. The molecule has 0 unspecified atom stereocenters. The van der Waals surface area contributed by atoms with Crippen molar-refractivity contribution in [1.29, 1.82) is 0 Å². The summed E-state index contributed by atoms with van der Waals surface area (Å²) in [4.78, 5) is 13.6. The molecular weight excluding hydrogens is 587 g/mol. The molecule has 0 spiro atoms. The Bertz CT molecular complexity index is 1330. The standard InChI is InChI=1S/C30H40F3N3O6S/c1-36(43(39,40)15-13-30(31,32)33)26-10-6-7-14-42-28-18-24(23-17-21(41-2)11-12-22(23)28)34-19-27(37)25(35-29(26)38)16-20-8-4-3-5-9-20/h3-5,8-9,11-12,17,24-28,34,37H,6-7,10,13-16,18-19H2,1-2H3,(H,35,38)/t24-,25-,26-,27+,28+/m0/s1. The van der Waals surface area contributed by atoms with Crippen molar-refractivity contribution in [3.05, 3.63) is 65.2 Å². The average molecular weight is 628 g/mol. The number of halogens is 3. The number of likely N-dealkylation sites (N-methyl/N-ethyl adjacent to an activating group) is 1. The first-order valence-electron chi connectivity index (χ1n) is 14.5. The van der Waals surface area contributed by atoms with E-state index in [2.05, 4.69) is 10.6 Å². The average Bonchev–Trinajstić information content (AvgIpc) is 3.32. The molecule has 0 radical (unpaired) electrons. The largest absolute Gasteiger partial charge is 0.497 e. The molecule has 13 heteroatoms. The van der Waals surface area contributed by atoms with Gasteiger partial charge >= 0.3 is 6.18 Å². The molecule has 3 N–H and O–H groups in total. The Labute approximate surface area is 250 Å². The summed E-state index contributed by atoms with van der Waals surface area (Å²) in [7, 11) is -1.68. The summed E-state index contributed by atoms with van der Waals surface area (Å²) in [6.07, 6.45) is -5.58. The molecule has 1 amide bonds. The summed E-state index contributed by atoms with van der Waals surface area (Å²) >= 11 is 0.